The van der Waals surface area contributed by atoms with E-state index in [1.807, 2.05) is 36.5 Å². The third kappa shape index (κ3) is 3.10. The van der Waals surface area contributed by atoms with Gasteiger partial charge in [0.25, 0.3) is 0 Å². The van der Waals surface area contributed by atoms with E-state index in [-0.39, 0.29) is 18.4 Å². The Labute approximate surface area is 122 Å². The lowest BCUT2D eigenvalue weighted by molar-refractivity contribution is -0.137. The molecule has 0 unspecified atom stereocenters. The first-order chi connectivity index (χ1) is 10.2. The van der Waals surface area contributed by atoms with Crippen LogP contribution in [0, 0.1) is 0 Å². The Bertz CT molecular complexity index is 634. The van der Waals surface area contributed by atoms with Crippen LogP contribution in [0.1, 0.15) is 5.56 Å². The van der Waals surface area contributed by atoms with Gasteiger partial charge in [0.15, 0.2) is 0 Å². The molecule has 3 rings (SSSR count). The maximum Gasteiger partial charge on any atom is 0.239 e. The summed E-state index contributed by atoms with van der Waals surface area (Å²) in [6, 6.07) is 9.55. The number of amides is 2. The Morgan fingerprint density at radius 1 is 1.29 bits per heavy atom. The van der Waals surface area contributed by atoms with E-state index < -0.39 is 0 Å². The summed E-state index contributed by atoms with van der Waals surface area (Å²) in [5, 5.41) is 6.87. The summed E-state index contributed by atoms with van der Waals surface area (Å²) in [4.78, 5) is 25.0. The van der Waals surface area contributed by atoms with Gasteiger partial charge in [-0.1, -0.05) is 12.1 Å². The van der Waals surface area contributed by atoms with Crippen molar-refractivity contribution in [3.8, 4) is 5.69 Å². The van der Waals surface area contributed by atoms with Gasteiger partial charge in [0, 0.05) is 25.5 Å². The zero-order chi connectivity index (χ0) is 14.7. The van der Waals surface area contributed by atoms with Gasteiger partial charge in [0.2, 0.25) is 11.8 Å². The molecule has 0 saturated carbocycles. The van der Waals surface area contributed by atoms with Crippen LogP contribution in [0.2, 0.25) is 0 Å². The summed E-state index contributed by atoms with van der Waals surface area (Å²) in [5.41, 5.74) is 1.88. The summed E-state index contributed by atoms with van der Waals surface area (Å²) in [5.74, 6) is -0.111. The van der Waals surface area contributed by atoms with Crippen molar-refractivity contribution in [1.82, 2.24) is 20.0 Å². The Kier molecular flexibility index (Phi) is 3.68. The number of benzene rings is 1. The first-order valence-electron chi connectivity index (χ1n) is 6.86. The summed E-state index contributed by atoms with van der Waals surface area (Å²) < 4.78 is 1.76. The average molecular weight is 284 g/mol. The Morgan fingerprint density at radius 3 is 2.76 bits per heavy atom. The van der Waals surface area contributed by atoms with E-state index in [1.54, 1.807) is 15.8 Å². The van der Waals surface area contributed by atoms with Crippen LogP contribution in [0.25, 0.3) is 5.69 Å². The lowest BCUT2D eigenvalue weighted by Crippen LogP contribution is -2.50. The van der Waals surface area contributed by atoms with Gasteiger partial charge in [-0.2, -0.15) is 5.10 Å². The molecule has 0 spiro atoms. The van der Waals surface area contributed by atoms with E-state index in [0.717, 1.165) is 11.3 Å². The first kappa shape index (κ1) is 13.4. The van der Waals surface area contributed by atoms with E-state index in [9.17, 15) is 9.59 Å². The van der Waals surface area contributed by atoms with Gasteiger partial charge in [-0.25, -0.2) is 4.68 Å². The Morgan fingerprint density at radius 2 is 2.10 bits per heavy atom. The molecule has 1 N–H and O–H groups in total. The van der Waals surface area contributed by atoms with Crippen LogP contribution < -0.4 is 5.32 Å². The van der Waals surface area contributed by atoms with Gasteiger partial charge in [-0.15, -0.1) is 0 Å². The molecular formula is C15H16N4O2. The minimum atomic E-state index is -0.0939. The SMILES string of the molecule is O=C1CN(C(=O)Cc2ccc(-n3cccn3)cc2)CCN1. The van der Waals surface area contributed by atoms with E-state index in [4.69, 9.17) is 0 Å². The molecule has 21 heavy (non-hydrogen) atoms. The largest absolute Gasteiger partial charge is 0.353 e. The molecular weight excluding hydrogens is 268 g/mol. The second-order valence-electron chi connectivity index (χ2n) is 4.96. The monoisotopic (exact) mass is 284 g/mol. The van der Waals surface area contributed by atoms with Gasteiger partial charge in [-0.3, -0.25) is 9.59 Å². The predicted octanol–water partition coefficient (Wildman–Crippen LogP) is 0.373. The van der Waals surface area contributed by atoms with Gasteiger partial charge in [0.05, 0.1) is 18.7 Å². The number of aromatic nitrogens is 2. The number of rotatable bonds is 3. The molecule has 2 aromatic rings. The molecule has 1 saturated heterocycles. The third-order valence-corrected chi connectivity index (χ3v) is 3.45. The Balaban J connectivity index is 1.65. The van der Waals surface area contributed by atoms with Crippen molar-refractivity contribution in [2.75, 3.05) is 19.6 Å². The quantitative estimate of drug-likeness (QED) is 0.885. The van der Waals surface area contributed by atoms with E-state index in [1.165, 1.54) is 0 Å². The van der Waals surface area contributed by atoms with Crippen LogP contribution >= 0.6 is 0 Å². The van der Waals surface area contributed by atoms with E-state index >= 15 is 0 Å². The smallest absolute Gasteiger partial charge is 0.239 e. The van der Waals surface area contributed by atoms with Gasteiger partial charge >= 0.3 is 0 Å². The average Bonchev–Trinajstić information content (AvgIpc) is 3.02. The molecule has 0 aliphatic carbocycles. The topological polar surface area (TPSA) is 67.2 Å². The number of hydrogen-bond donors (Lipinski definition) is 1. The Hall–Kier alpha value is -2.63. The fraction of sp³-hybridized carbons (Fsp3) is 0.267. The number of carbonyl (C=O) groups excluding carboxylic acids is 2. The molecule has 6 heteroatoms. The molecule has 0 radical (unpaired) electrons. The fourth-order valence-electron chi connectivity index (χ4n) is 2.33. The highest BCUT2D eigenvalue weighted by atomic mass is 16.2. The number of nitrogens with one attached hydrogen (secondary N) is 1. The molecule has 2 amide bonds. The minimum Gasteiger partial charge on any atom is -0.353 e. The van der Waals surface area contributed by atoms with Crippen LogP contribution in [-0.4, -0.2) is 46.1 Å². The van der Waals surface area contributed by atoms with Crippen molar-refractivity contribution < 1.29 is 9.59 Å². The number of carbonyl (C=O) groups is 2. The highest BCUT2D eigenvalue weighted by molar-refractivity contribution is 5.86. The lowest BCUT2D eigenvalue weighted by Gasteiger charge is -2.26. The van der Waals surface area contributed by atoms with Crippen LogP contribution in [0.5, 0.6) is 0 Å². The van der Waals surface area contributed by atoms with Crippen LogP contribution in [0.4, 0.5) is 0 Å². The standard InChI is InChI=1S/C15H16N4O2/c20-14-11-18(9-7-16-14)15(21)10-12-2-4-13(5-3-12)19-8-1-6-17-19/h1-6,8H,7,9-11H2,(H,16,20). The van der Waals surface area contributed by atoms with Crippen LogP contribution in [0.15, 0.2) is 42.7 Å². The molecule has 108 valence electrons. The molecule has 2 heterocycles. The van der Waals surface area contributed by atoms with Crippen molar-refractivity contribution in [2.24, 2.45) is 0 Å². The minimum absolute atomic E-state index is 0.0170. The van der Waals surface area contributed by atoms with Crippen molar-refractivity contribution >= 4 is 11.8 Å². The maximum absolute atomic E-state index is 12.2. The molecule has 1 fully saturated rings. The summed E-state index contributed by atoms with van der Waals surface area (Å²) in [6.45, 7) is 1.27. The molecule has 1 aliphatic heterocycles. The highest BCUT2D eigenvalue weighted by Gasteiger charge is 2.20. The second-order valence-corrected chi connectivity index (χ2v) is 4.96. The summed E-state index contributed by atoms with van der Waals surface area (Å²) in [6.07, 6.45) is 3.90. The number of nitrogens with zero attached hydrogens (tertiary/aromatic N) is 3. The second kappa shape index (κ2) is 5.78. The van der Waals surface area contributed by atoms with Gasteiger partial charge < -0.3 is 10.2 Å². The van der Waals surface area contributed by atoms with E-state index in [2.05, 4.69) is 10.4 Å². The number of hydrogen-bond acceptors (Lipinski definition) is 3. The molecule has 1 aliphatic rings. The van der Waals surface area contributed by atoms with E-state index in [0.29, 0.717) is 19.5 Å². The first-order valence-corrected chi connectivity index (χ1v) is 6.86. The predicted molar refractivity (Wildman–Crippen MR) is 76.9 cm³/mol. The summed E-state index contributed by atoms with van der Waals surface area (Å²) >= 11 is 0. The zero-order valence-corrected chi connectivity index (χ0v) is 11.5. The lowest BCUT2D eigenvalue weighted by atomic mass is 10.1. The normalized spacial score (nSPS) is 14.9. The fourth-order valence-corrected chi connectivity index (χ4v) is 2.33. The van der Waals surface area contributed by atoms with Crippen LogP contribution in [-0.2, 0) is 16.0 Å². The van der Waals surface area contributed by atoms with Crippen molar-refractivity contribution in [3.05, 3.63) is 48.3 Å². The van der Waals surface area contributed by atoms with Crippen molar-refractivity contribution in [3.63, 3.8) is 0 Å². The molecule has 6 nitrogen and oxygen atoms in total. The molecule has 0 bridgehead atoms. The van der Waals surface area contributed by atoms with Crippen molar-refractivity contribution in [2.45, 2.75) is 6.42 Å². The molecule has 1 aromatic carbocycles. The summed E-state index contributed by atoms with van der Waals surface area (Å²) in [7, 11) is 0. The van der Waals surface area contributed by atoms with Crippen LogP contribution in [0.3, 0.4) is 0 Å². The van der Waals surface area contributed by atoms with Crippen molar-refractivity contribution in [1.29, 1.82) is 0 Å². The molecule has 1 aromatic heterocycles. The highest BCUT2D eigenvalue weighted by Crippen LogP contribution is 2.10. The third-order valence-electron chi connectivity index (χ3n) is 3.45. The number of piperazine rings is 1. The zero-order valence-electron chi connectivity index (χ0n) is 11.5. The van der Waals surface area contributed by atoms with Gasteiger partial charge in [-0.05, 0) is 23.8 Å². The maximum atomic E-state index is 12.2. The van der Waals surface area contributed by atoms with Gasteiger partial charge in [0.1, 0.15) is 0 Å². The molecule has 0 atom stereocenters.